The van der Waals surface area contributed by atoms with E-state index in [4.69, 9.17) is 0 Å². The maximum absolute atomic E-state index is 12.3. The first-order chi connectivity index (χ1) is 13.6. The summed E-state index contributed by atoms with van der Waals surface area (Å²) in [5, 5.41) is 7.12. The molecule has 0 spiro atoms. The molecule has 144 valence electrons. The molecular formula is C23H25N3O2. The molecule has 0 saturated heterocycles. The van der Waals surface area contributed by atoms with Crippen molar-refractivity contribution in [2.24, 2.45) is 11.8 Å². The molecule has 3 aromatic rings. The van der Waals surface area contributed by atoms with Crippen molar-refractivity contribution in [1.29, 1.82) is 0 Å². The number of benzene rings is 2. The number of rotatable bonds is 7. The highest BCUT2D eigenvalue weighted by Gasteiger charge is 2.47. The van der Waals surface area contributed by atoms with E-state index in [0.717, 1.165) is 17.5 Å². The summed E-state index contributed by atoms with van der Waals surface area (Å²) in [7, 11) is 0. The van der Waals surface area contributed by atoms with Gasteiger partial charge in [-0.05, 0) is 37.0 Å². The lowest BCUT2D eigenvalue weighted by molar-refractivity contribution is -0.127. The molecule has 1 aliphatic carbocycles. The lowest BCUT2D eigenvalue weighted by atomic mass is 10.1. The van der Waals surface area contributed by atoms with Gasteiger partial charge in [0.05, 0.1) is 11.8 Å². The molecule has 1 saturated carbocycles. The standard InChI is InChI=1S/C23H25N3O2/c1-15-5-4-6-16(11-15)13-26-23(28)20-12-19(20)22(27)24-10-9-17-14-25-21-8-3-2-7-18(17)21/h2-8,11,14,19-20,25H,9-10,12-13H2,1H3,(H,24,27)(H,26,28). The van der Waals surface area contributed by atoms with Crippen LogP contribution < -0.4 is 10.6 Å². The highest BCUT2D eigenvalue weighted by molar-refractivity contribution is 5.92. The minimum absolute atomic E-state index is 0.0180. The predicted octanol–water partition coefficient (Wildman–Crippen LogP) is 3.09. The van der Waals surface area contributed by atoms with Crippen molar-refractivity contribution in [1.82, 2.24) is 15.6 Å². The third-order valence-electron chi connectivity index (χ3n) is 5.38. The quantitative estimate of drug-likeness (QED) is 0.594. The van der Waals surface area contributed by atoms with Gasteiger partial charge in [-0.15, -0.1) is 0 Å². The molecule has 3 N–H and O–H groups in total. The topological polar surface area (TPSA) is 74.0 Å². The third-order valence-corrected chi connectivity index (χ3v) is 5.38. The number of H-pyrrole nitrogens is 1. The number of fused-ring (bicyclic) bond motifs is 1. The first-order valence-corrected chi connectivity index (χ1v) is 9.78. The molecule has 5 heteroatoms. The van der Waals surface area contributed by atoms with E-state index >= 15 is 0 Å². The van der Waals surface area contributed by atoms with Crippen LogP contribution in [0.4, 0.5) is 0 Å². The lowest BCUT2D eigenvalue weighted by Crippen LogP contribution is -2.31. The van der Waals surface area contributed by atoms with Gasteiger partial charge in [-0.25, -0.2) is 0 Å². The van der Waals surface area contributed by atoms with Crippen LogP contribution in [0.1, 0.15) is 23.1 Å². The molecule has 0 bridgehead atoms. The molecule has 0 radical (unpaired) electrons. The number of carbonyl (C=O) groups excluding carboxylic acids is 2. The summed E-state index contributed by atoms with van der Waals surface area (Å²) in [6, 6.07) is 16.2. The van der Waals surface area contributed by atoms with Gasteiger partial charge in [0.15, 0.2) is 0 Å². The zero-order chi connectivity index (χ0) is 19.5. The molecule has 4 rings (SSSR count). The monoisotopic (exact) mass is 375 g/mol. The zero-order valence-corrected chi connectivity index (χ0v) is 16.0. The maximum atomic E-state index is 12.3. The van der Waals surface area contributed by atoms with E-state index in [1.807, 2.05) is 49.5 Å². The number of para-hydroxylation sites is 1. The van der Waals surface area contributed by atoms with Gasteiger partial charge in [-0.1, -0.05) is 48.0 Å². The molecule has 2 atom stereocenters. The van der Waals surface area contributed by atoms with E-state index in [-0.39, 0.29) is 23.7 Å². The summed E-state index contributed by atoms with van der Waals surface area (Å²) in [5.41, 5.74) is 4.55. The number of aryl methyl sites for hydroxylation is 1. The Bertz CT molecular complexity index is 1010. The number of carbonyl (C=O) groups is 2. The fraction of sp³-hybridized carbons (Fsp3) is 0.304. The van der Waals surface area contributed by atoms with Crippen LogP contribution >= 0.6 is 0 Å². The predicted molar refractivity (Wildman–Crippen MR) is 110 cm³/mol. The molecule has 2 amide bonds. The van der Waals surface area contributed by atoms with E-state index in [0.29, 0.717) is 19.5 Å². The van der Waals surface area contributed by atoms with Crippen molar-refractivity contribution in [3.63, 3.8) is 0 Å². The molecule has 2 unspecified atom stereocenters. The van der Waals surface area contributed by atoms with Crippen LogP contribution in [-0.4, -0.2) is 23.3 Å². The van der Waals surface area contributed by atoms with Crippen molar-refractivity contribution in [3.05, 3.63) is 71.4 Å². The lowest BCUT2D eigenvalue weighted by Gasteiger charge is -2.07. The SMILES string of the molecule is Cc1cccc(CNC(=O)C2CC2C(=O)NCCc2c[nH]c3ccccc23)c1. The number of hydrogen-bond acceptors (Lipinski definition) is 2. The number of amides is 2. The van der Waals surface area contributed by atoms with E-state index in [2.05, 4.69) is 27.8 Å². The summed E-state index contributed by atoms with van der Waals surface area (Å²) in [6.07, 6.45) is 3.40. The Labute approximate surface area is 164 Å². The van der Waals surface area contributed by atoms with E-state index in [1.54, 1.807) is 0 Å². The van der Waals surface area contributed by atoms with Crippen LogP contribution in [0.5, 0.6) is 0 Å². The Hall–Kier alpha value is -3.08. The highest BCUT2D eigenvalue weighted by Crippen LogP contribution is 2.38. The Morgan fingerprint density at radius 1 is 1.04 bits per heavy atom. The van der Waals surface area contributed by atoms with Crippen LogP contribution in [0.15, 0.2) is 54.7 Å². The Morgan fingerprint density at radius 2 is 1.82 bits per heavy atom. The molecule has 2 aromatic carbocycles. The molecule has 0 aliphatic heterocycles. The second-order valence-corrected chi connectivity index (χ2v) is 7.56. The minimum Gasteiger partial charge on any atom is -0.361 e. The molecular weight excluding hydrogens is 350 g/mol. The number of aromatic amines is 1. The van der Waals surface area contributed by atoms with Crippen molar-refractivity contribution >= 4 is 22.7 Å². The summed E-state index contributed by atoms with van der Waals surface area (Å²) in [6.45, 7) is 3.11. The molecule has 1 heterocycles. The smallest absolute Gasteiger partial charge is 0.224 e. The highest BCUT2D eigenvalue weighted by atomic mass is 16.2. The normalized spacial score (nSPS) is 18.0. The Morgan fingerprint density at radius 3 is 2.64 bits per heavy atom. The van der Waals surface area contributed by atoms with Crippen LogP contribution in [0.2, 0.25) is 0 Å². The van der Waals surface area contributed by atoms with Crippen LogP contribution in [0, 0.1) is 18.8 Å². The van der Waals surface area contributed by atoms with E-state index in [1.165, 1.54) is 16.5 Å². The average Bonchev–Trinajstić information content (AvgIpc) is 3.41. The van der Waals surface area contributed by atoms with Crippen LogP contribution in [0.3, 0.4) is 0 Å². The fourth-order valence-corrected chi connectivity index (χ4v) is 3.71. The van der Waals surface area contributed by atoms with Gasteiger partial charge >= 0.3 is 0 Å². The second-order valence-electron chi connectivity index (χ2n) is 7.56. The van der Waals surface area contributed by atoms with Gasteiger partial charge in [0.25, 0.3) is 0 Å². The summed E-state index contributed by atoms with van der Waals surface area (Å²) >= 11 is 0. The van der Waals surface area contributed by atoms with Crippen molar-refractivity contribution in [2.45, 2.75) is 26.3 Å². The van der Waals surface area contributed by atoms with Gasteiger partial charge in [0, 0.05) is 30.2 Å². The molecule has 1 aromatic heterocycles. The van der Waals surface area contributed by atoms with Gasteiger partial charge < -0.3 is 15.6 Å². The van der Waals surface area contributed by atoms with Gasteiger partial charge in [-0.3, -0.25) is 9.59 Å². The summed E-state index contributed by atoms with van der Waals surface area (Å²) in [5.74, 6) is -0.438. The van der Waals surface area contributed by atoms with Gasteiger partial charge in [-0.2, -0.15) is 0 Å². The van der Waals surface area contributed by atoms with Gasteiger partial charge in [0.2, 0.25) is 11.8 Å². The minimum atomic E-state index is -0.196. The van der Waals surface area contributed by atoms with Crippen molar-refractivity contribution in [2.75, 3.05) is 6.54 Å². The van der Waals surface area contributed by atoms with E-state index < -0.39 is 0 Å². The summed E-state index contributed by atoms with van der Waals surface area (Å²) < 4.78 is 0. The average molecular weight is 375 g/mol. The molecule has 28 heavy (non-hydrogen) atoms. The first-order valence-electron chi connectivity index (χ1n) is 9.78. The Kier molecular flexibility index (Phi) is 5.15. The largest absolute Gasteiger partial charge is 0.361 e. The van der Waals surface area contributed by atoms with Crippen molar-refractivity contribution in [3.8, 4) is 0 Å². The zero-order valence-electron chi connectivity index (χ0n) is 16.0. The molecule has 1 fully saturated rings. The third kappa shape index (κ3) is 4.09. The molecule has 5 nitrogen and oxygen atoms in total. The number of aromatic nitrogens is 1. The maximum Gasteiger partial charge on any atom is 0.224 e. The summed E-state index contributed by atoms with van der Waals surface area (Å²) in [4.78, 5) is 27.9. The number of nitrogens with one attached hydrogen (secondary N) is 3. The molecule has 1 aliphatic rings. The van der Waals surface area contributed by atoms with Crippen molar-refractivity contribution < 1.29 is 9.59 Å². The fourth-order valence-electron chi connectivity index (χ4n) is 3.71. The first kappa shape index (κ1) is 18.3. The Balaban J connectivity index is 1.21. The van der Waals surface area contributed by atoms with Crippen LogP contribution in [-0.2, 0) is 22.6 Å². The van der Waals surface area contributed by atoms with Gasteiger partial charge in [0.1, 0.15) is 0 Å². The van der Waals surface area contributed by atoms with Crippen LogP contribution in [0.25, 0.3) is 10.9 Å². The van der Waals surface area contributed by atoms with E-state index in [9.17, 15) is 9.59 Å². The second kappa shape index (κ2) is 7.89. The number of hydrogen-bond donors (Lipinski definition) is 3.